The summed E-state index contributed by atoms with van der Waals surface area (Å²) in [5, 5.41) is 7.77. The van der Waals surface area contributed by atoms with Crippen LogP contribution in [0.3, 0.4) is 0 Å². The van der Waals surface area contributed by atoms with Crippen LogP contribution in [0, 0.1) is 0 Å². The number of pyridine rings is 1. The molecule has 0 saturated heterocycles. The first kappa shape index (κ1) is 20.8. The minimum Gasteiger partial charge on any atom is -0.357 e. The number of fused-ring (bicyclic) bond motifs is 2. The van der Waals surface area contributed by atoms with Gasteiger partial charge >= 0.3 is 0 Å². The van der Waals surface area contributed by atoms with Crippen LogP contribution in [0.4, 0.5) is 0 Å². The molecule has 2 N–H and O–H groups in total. The summed E-state index contributed by atoms with van der Waals surface area (Å²) >= 11 is 0. The van der Waals surface area contributed by atoms with Gasteiger partial charge in [-0.1, -0.05) is 42.5 Å². The largest absolute Gasteiger partial charge is 0.357 e. The minimum atomic E-state index is 0.211. The molecule has 0 unspecified atom stereocenters. The van der Waals surface area contributed by atoms with Crippen molar-refractivity contribution >= 4 is 22.8 Å². The number of guanidine groups is 1. The van der Waals surface area contributed by atoms with Gasteiger partial charge in [0.1, 0.15) is 0 Å². The molecule has 1 amide bonds. The predicted octanol–water partition coefficient (Wildman–Crippen LogP) is 3.61. The average molecular weight is 416 g/mol. The molecule has 6 heteroatoms. The van der Waals surface area contributed by atoms with Gasteiger partial charge in [0.25, 0.3) is 0 Å². The van der Waals surface area contributed by atoms with Gasteiger partial charge in [0.05, 0.1) is 12.1 Å². The Morgan fingerprint density at radius 3 is 2.55 bits per heavy atom. The van der Waals surface area contributed by atoms with E-state index < -0.39 is 0 Å². The van der Waals surface area contributed by atoms with Gasteiger partial charge in [-0.3, -0.25) is 9.78 Å². The highest BCUT2D eigenvalue weighted by molar-refractivity contribution is 5.83. The summed E-state index contributed by atoms with van der Waals surface area (Å²) < 4.78 is 0. The van der Waals surface area contributed by atoms with Crippen molar-refractivity contribution in [3.05, 3.63) is 77.5 Å². The van der Waals surface area contributed by atoms with E-state index >= 15 is 0 Å². The lowest BCUT2D eigenvalue weighted by atomic mass is 10.1. The fourth-order valence-electron chi connectivity index (χ4n) is 3.91. The van der Waals surface area contributed by atoms with E-state index in [1.165, 1.54) is 11.1 Å². The van der Waals surface area contributed by atoms with Gasteiger partial charge in [0.15, 0.2) is 5.96 Å². The first-order chi connectivity index (χ1) is 15.2. The Labute approximate surface area is 183 Å². The van der Waals surface area contributed by atoms with Crippen molar-refractivity contribution in [2.75, 3.05) is 13.1 Å². The molecule has 0 bridgehead atoms. The van der Waals surface area contributed by atoms with Gasteiger partial charge in [-0.25, -0.2) is 4.99 Å². The smallest absolute Gasteiger partial charge is 0.223 e. The van der Waals surface area contributed by atoms with Crippen LogP contribution in [-0.2, 0) is 24.4 Å². The normalized spacial score (nSPS) is 13.3. The molecule has 2 aromatic carbocycles. The molecule has 160 valence electrons. The number of benzene rings is 2. The summed E-state index contributed by atoms with van der Waals surface area (Å²) in [5.41, 5.74) is 4.65. The average Bonchev–Trinajstić information content (AvgIpc) is 3.24. The first-order valence-electron chi connectivity index (χ1n) is 10.9. The van der Waals surface area contributed by atoms with Crippen molar-refractivity contribution in [3.63, 3.8) is 0 Å². The van der Waals surface area contributed by atoms with Crippen LogP contribution in [0.15, 0.2) is 65.8 Å². The van der Waals surface area contributed by atoms with E-state index in [0.717, 1.165) is 48.5 Å². The van der Waals surface area contributed by atoms with Crippen molar-refractivity contribution in [3.8, 4) is 0 Å². The molecule has 0 radical (unpaired) electrons. The molecule has 0 spiro atoms. The summed E-state index contributed by atoms with van der Waals surface area (Å²) in [5.74, 6) is 0.979. The molecule has 0 atom stereocenters. The summed E-state index contributed by atoms with van der Waals surface area (Å²) in [6, 6.07) is 18.4. The molecule has 31 heavy (non-hydrogen) atoms. The topological polar surface area (TPSA) is 69.6 Å². The lowest BCUT2D eigenvalue weighted by Crippen LogP contribution is -2.38. The van der Waals surface area contributed by atoms with E-state index in [1.807, 2.05) is 54.4 Å². The number of amides is 1. The number of aromatic nitrogens is 1. The summed E-state index contributed by atoms with van der Waals surface area (Å²) in [6.45, 7) is 5.57. The molecular formula is C25H29N5O. The number of hydrogen-bond donors (Lipinski definition) is 2. The Kier molecular flexibility index (Phi) is 6.77. The van der Waals surface area contributed by atoms with Crippen LogP contribution in [0.25, 0.3) is 10.9 Å². The number of nitrogens with one attached hydrogen (secondary N) is 2. The lowest BCUT2D eigenvalue weighted by Gasteiger charge is -2.16. The number of carbonyl (C=O) groups is 1. The fourth-order valence-corrected chi connectivity index (χ4v) is 3.91. The first-order valence-corrected chi connectivity index (χ1v) is 10.9. The van der Waals surface area contributed by atoms with Crippen LogP contribution < -0.4 is 10.6 Å². The van der Waals surface area contributed by atoms with Crippen molar-refractivity contribution in [2.45, 2.75) is 39.4 Å². The maximum absolute atomic E-state index is 12.6. The van der Waals surface area contributed by atoms with Crippen molar-refractivity contribution in [1.29, 1.82) is 0 Å². The number of nitrogens with zero attached hydrogens (tertiary/aromatic N) is 3. The van der Waals surface area contributed by atoms with Crippen LogP contribution in [0.2, 0.25) is 0 Å². The Balaban J connectivity index is 1.27. The van der Waals surface area contributed by atoms with Gasteiger partial charge < -0.3 is 15.5 Å². The minimum absolute atomic E-state index is 0.211. The Morgan fingerprint density at radius 2 is 1.77 bits per heavy atom. The fraction of sp³-hybridized carbons (Fsp3) is 0.320. The number of hydrogen-bond acceptors (Lipinski definition) is 3. The Hall–Kier alpha value is -3.41. The third-order valence-electron chi connectivity index (χ3n) is 5.54. The second-order valence-corrected chi connectivity index (χ2v) is 7.73. The maximum atomic E-state index is 12.6. The zero-order chi connectivity index (χ0) is 21.5. The molecule has 1 aliphatic heterocycles. The summed E-state index contributed by atoms with van der Waals surface area (Å²) in [6.07, 6.45) is 3.14. The molecule has 0 aliphatic carbocycles. The van der Waals surface area contributed by atoms with E-state index in [1.54, 1.807) is 0 Å². The van der Waals surface area contributed by atoms with Crippen molar-refractivity contribution < 1.29 is 4.79 Å². The van der Waals surface area contributed by atoms with E-state index in [9.17, 15) is 4.79 Å². The van der Waals surface area contributed by atoms with Gasteiger partial charge in [-0.05, 0) is 42.2 Å². The highest BCUT2D eigenvalue weighted by Gasteiger charge is 2.22. The van der Waals surface area contributed by atoms with E-state index in [4.69, 9.17) is 4.99 Å². The SMILES string of the molecule is CCNC(=NCc1ccnc2ccccc12)NCCCC(=O)N1Cc2ccccc2C1. The Morgan fingerprint density at radius 1 is 1.03 bits per heavy atom. The van der Waals surface area contributed by atoms with E-state index in [-0.39, 0.29) is 5.91 Å². The number of para-hydroxylation sites is 1. The number of rotatable bonds is 7. The van der Waals surface area contributed by atoms with Gasteiger partial charge in [-0.2, -0.15) is 0 Å². The summed E-state index contributed by atoms with van der Waals surface area (Å²) in [4.78, 5) is 23.6. The maximum Gasteiger partial charge on any atom is 0.223 e. The second kappa shape index (κ2) is 10.1. The molecule has 0 fully saturated rings. The third-order valence-corrected chi connectivity index (χ3v) is 5.54. The van der Waals surface area contributed by atoms with Gasteiger partial charge in [-0.15, -0.1) is 0 Å². The van der Waals surface area contributed by atoms with E-state index in [0.29, 0.717) is 19.5 Å². The zero-order valence-electron chi connectivity index (χ0n) is 18.0. The van der Waals surface area contributed by atoms with Gasteiger partial charge in [0, 0.05) is 44.2 Å². The molecule has 1 aromatic heterocycles. The standard InChI is InChI=1S/C25H29N5O/c1-2-26-25(29-16-19-13-15-27-23-11-6-5-10-22(19)23)28-14-7-12-24(31)30-17-20-8-3-4-9-21(20)18-30/h3-6,8-11,13,15H,2,7,12,14,16-18H2,1H3,(H2,26,28,29). The third kappa shape index (κ3) is 5.20. The molecule has 0 saturated carbocycles. The van der Waals surface area contributed by atoms with Crippen LogP contribution in [-0.4, -0.2) is 34.8 Å². The van der Waals surface area contributed by atoms with Crippen molar-refractivity contribution in [2.24, 2.45) is 4.99 Å². The van der Waals surface area contributed by atoms with Crippen molar-refractivity contribution in [1.82, 2.24) is 20.5 Å². The molecule has 4 rings (SSSR count). The predicted molar refractivity (Wildman–Crippen MR) is 124 cm³/mol. The quantitative estimate of drug-likeness (QED) is 0.351. The monoisotopic (exact) mass is 415 g/mol. The molecule has 2 heterocycles. The number of aliphatic imine (C=N–C) groups is 1. The second-order valence-electron chi connectivity index (χ2n) is 7.73. The molecular weight excluding hydrogens is 386 g/mol. The lowest BCUT2D eigenvalue weighted by molar-refractivity contribution is -0.131. The summed E-state index contributed by atoms with van der Waals surface area (Å²) in [7, 11) is 0. The zero-order valence-corrected chi connectivity index (χ0v) is 18.0. The van der Waals surface area contributed by atoms with Crippen LogP contribution >= 0.6 is 0 Å². The van der Waals surface area contributed by atoms with E-state index in [2.05, 4.69) is 33.8 Å². The number of carbonyl (C=O) groups excluding carboxylic acids is 1. The van der Waals surface area contributed by atoms with Gasteiger partial charge in [0.2, 0.25) is 5.91 Å². The highest BCUT2D eigenvalue weighted by Crippen LogP contribution is 2.23. The van der Waals surface area contributed by atoms with Crippen LogP contribution in [0.5, 0.6) is 0 Å². The molecule has 6 nitrogen and oxygen atoms in total. The van der Waals surface area contributed by atoms with Crippen LogP contribution in [0.1, 0.15) is 36.5 Å². The Bertz CT molecular complexity index is 1050. The highest BCUT2D eigenvalue weighted by atomic mass is 16.2. The molecule has 3 aromatic rings. The molecule has 1 aliphatic rings.